The molecular weight excluding hydrogens is 394 g/mol. The Kier molecular flexibility index (Phi) is 5.52. The van der Waals surface area contributed by atoms with E-state index in [2.05, 4.69) is 10.2 Å². The van der Waals surface area contributed by atoms with Crippen LogP contribution in [0.5, 0.6) is 5.75 Å². The lowest BCUT2D eigenvalue weighted by atomic mass is 9.93. The Labute approximate surface area is 171 Å². The zero-order valence-electron chi connectivity index (χ0n) is 16.5. The second-order valence-electron chi connectivity index (χ2n) is 8.00. The number of fused-ring (bicyclic) bond motifs is 1. The lowest BCUT2D eigenvalue weighted by molar-refractivity contribution is -0.128. The number of hydrogen-bond donors (Lipinski definition) is 1. The van der Waals surface area contributed by atoms with Crippen LogP contribution in [0.2, 0.25) is 0 Å². The molecule has 3 aliphatic rings. The zero-order valence-corrected chi connectivity index (χ0v) is 17.4. The van der Waals surface area contributed by atoms with Crippen molar-refractivity contribution < 1.29 is 22.7 Å². The second kappa shape index (κ2) is 7.95. The molecule has 0 bridgehead atoms. The average Bonchev–Trinajstić information content (AvgIpc) is 3.11. The Morgan fingerprint density at radius 3 is 2.52 bits per heavy atom. The van der Waals surface area contributed by atoms with Crippen molar-refractivity contribution in [1.29, 1.82) is 0 Å². The monoisotopic (exact) mass is 421 g/mol. The van der Waals surface area contributed by atoms with Crippen molar-refractivity contribution in [2.24, 2.45) is 5.92 Å². The summed E-state index contributed by atoms with van der Waals surface area (Å²) in [6.07, 6.45) is 1.34. The third kappa shape index (κ3) is 4.11. The largest absolute Gasteiger partial charge is 0.477 e. The number of benzene rings is 1. The molecule has 1 aromatic carbocycles. The van der Waals surface area contributed by atoms with Crippen molar-refractivity contribution in [3.63, 3.8) is 0 Å². The van der Waals surface area contributed by atoms with Crippen LogP contribution in [0.4, 0.5) is 5.69 Å². The number of carbonyl (C=O) groups excluding carboxylic acids is 2. The molecule has 0 aliphatic carbocycles. The van der Waals surface area contributed by atoms with Crippen LogP contribution in [0.15, 0.2) is 24.3 Å². The standard InChI is InChI=1S/C20H27N3O5S/c1-21-19(24)18-12-23(16-4-2-3-5-17(16)28-18)20(25)14-6-9-22(10-7-14)15-8-11-29(26,27)13-15/h2-5,14-15,18H,6-13H2,1H3,(H,21,24)/t15-,18-/m0/s1. The second-order valence-corrected chi connectivity index (χ2v) is 10.2. The van der Waals surface area contributed by atoms with Crippen LogP contribution in [0.1, 0.15) is 19.3 Å². The van der Waals surface area contributed by atoms with Gasteiger partial charge in [-0.05, 0) is 44.5 Å². The van der Waals surface area contributed by atoms with Crippen LogP contribution in [0.25, 0.3) is 0 Å². The fraction of sp³-hybridized carbons (Fsp3) is 0.600. The molecule has 3 heterocycles. The molecule has 0 saturated carbocycles. The minimum Gasteiger partial charge on any atom is -0.477 e. The highest BCUT2D eigenvalue weighted by Gasteiger charge is 2.39. The van der Waals surface area contributed by atoms with Gasteiger partial charge in [-0.1, -0.05) is 12.1 Å². The van der Waals surface area contributed by atoms with Gasteiger partial charge < -0.3 is 15.0 Å². The van der Waals surface area contributed by atoms with Gasteiger partial charge in [-0.15, -0.1) is 0 Å². The Hall–Kier alpha value is -2.13. The van der Waals surface area contributed by atoms with Crippen LogP contribution in [-0.4, -0.2) is 75.5 Å². The van der Waals surface area contributed by atoms with Crippen molar-refractivity contribution in [3.8, 4) is 5.75 Å². The number of sulfone groups is 1. The molecule has 8 nitrogen and oxygen atoms in total. The molecule has 0 aromatic heterocycles. The maximum atomic E-state index is 13.3. The number of likely N-dealkylation sites (tertiary alicyclic amines) is 1. The Balaban J connectivity index is 1.45. The van der Waals surface area contributed by atoms with Gasteiger partial charge in [0.2, 0.25) is 5.91 Å². The number of nitrogens with zero attached hydrogens (tertiary/aromatic N) is 2. The smallest absolute Gasteiger partial charge is 0.262 e. The van der Waals surface area contributed by atoms with Crippen LogP contribution in [0, 0.1) is 5.92 Å². The van der Waals surface area contributed by atoms with Gasteiger partial charge >= 0.3 is 0 Å². The first-order valence-corrected chi connectivity index (χ1v) is 11.9. The normalized spacial score (nSPS) is 27.1. The summed E-state index contributed by atoms with van der Waals surface area (Å²) >= 11 is 0. The summed E-state index contributed by atoms with van der Waals surface area (Å²) in [5.41, 5.74) is 0.696. The molecule has 9 heteroatoms. The van der Waals surface area contributed by atoms with Gasteiger partial charge in [-0.3, -0.25) is 14.5 Å². The van der Waals surface area contributed by atoms with Crippen LogP contribution in [-0.2, 0) is 19.4 Å². The summed E-state index contributed by atoms with van der Waals surface area (Å²) in [5, 5.41) is 2.59. The maximum Gasteiger partial charge on any atom is 0.262 e. The Morgan fingerprint density at radius 2 is 1.86 bits per heavy atom. The van der Waals surface area contributed by atoms with Gasteiger partial charge in [0.25, 0.3) is 5.91 Å². The number of likely N-dealkylation sites (N-methyl/N-ethyl adjacent to an activating group) is 1. The summed E-state index contributed by atoms with van der Waals surface area (Å²) in [4.78, 5) is 29.4. The van der Waals surface area contributed by atoms with Crippen molar-refractivity contribution >= 4 is 27.3 Å². The number of para-hydroxylation sites is 2. The van der Waals surface area contributed by atoms with Gasteiger partial charge in [0.05, 0.1) is 23.7 Å². The van der Waals surface area contributed by atoms with Gasteiger partial charge in [-0.25, -0.2) is 8.42 Å². The Bertz CT molecular complexity index is 895. The van der Waals surface area contributed by atoms with E-state index in [9.17, 15) is 18.0 Å². The van der Waals surface area contributed by atoms with Crippen LogP contribution < -0.4 is 15.0 Å². The first kappa shape index (κ1) is 20.2. The minimum absolute atomic E-state index is 0.00773. The number of nitrogens with one attached hydrogen (secondary N) is 1. The lowest BCUT2D eigenvalue weighted by Gasteiger charge is -2.39. The fourth-order valence-electron chi connectivity index (χ4n) is 4.54. The summed E-state index contributed by atoms with van der Waals surface area (Å²) in [6.45, 7) is 1.64. The predicted molar refractivity (Wildman–Crippen MR) is 109 cm³/mol. The van der Waals surface area contributed by atoms with Gasteiger partial charge in [0.1, 0.15) is 5.75 Å². The van der Waals surface area contributed by atoms with E-state index in [0.29, 0.717) is 30.7 Å². The first-order chi connectivity index (χ1) is 13.9. The SMILES string of the molecule is CNC(=O)[C@@H]1CN(C(=O)C2CCN([C@H]3CCS(=O)(=O)C3)CC2)c2ccccc2O1. The molecule has 1 aromatic rings. The lowest BCUT2D eigenvalue weighted by Crippen LogP contribution is -2.53. The number of rotatable bonds is 3. The van der Waals surface area contributed by atoms with E-state index in [1.165, 1.54) is 0 Å². The third-order valence-electron chi connectivity index (χ3n) is 6.18. The molecule has 0 spiro atoms. The maximum absolute atomic E-state index is 13.3. The third-order valence-corrected chi connectivity index (χ3v) is 7.93. The molecule has 1 N–H and O–H groups in total. The van der Waals surface area contributed by atoms with Crippen molar-refractivity contribution in [2.45, 2.75) is 31.4 Å². The molecule has 3 aliphatic heterocycles. The first-order valence-electron chi connectivity index (χ1n) is 10.1. The molecule has 2 atom stereocenters. The fourth-order valence-corrected chi connectivity index (χ4v) is 6.30. The number of hydrogen-bond acceptors (Lipinski definition) is 6. The molecule has 158 valence electrons. The van der Waals surface area contributed by atoms with Crippen molar-refractivity contribution in [3.05, 3.63) is 24.3 Å². The quantitative estimate of drug-likeness (QED) is 0.760. The number of ether oxygens (including phenoxy) is 1. The molecule has 29 heavy (non-hydrogen) atoms. The van der Waals surface area contributed by atoms with E-state index in [1.807, 2.05) is 18.2 Å². The number of carbonyl (C=O) groups is 2. The summed E-state index contributed by atoms with van der Waals surface area (Å²) < 4.78 is 29.3. The molecule has 2 saturated heterocycles. The van der Waals surface area contributed by atoms with E-state index < -0.39 is 15.9 Å². The summed E-state index contributed by atoms with van der Waals surface area (Å²) in [5.74, 6) is 0.649. The van der Waals surface area contributed by atoms with Gasteiger partial charge in [0.15, 0.2) is 15.9 Å². The van der Waals surface area contributed by atoms with Crippen molar-refractivity contribution in [2.75, 3.05) is 43.1 Å². The zero-order chi connectivity index (χ0) is 20.6. The molecule has 0 radical (unpaired) electrons. The van der Waals surface area contributed by atoms with Crippen LogP contribution in [0.3, 0.4) is 0 Å². The minimum atomic E-state index is -2.91. The van der Waals surface area contributed by atoms with Crippen molar-refractivity contribution in [1.82, 2.24) is 10.2 Å². The number of amides is 2. The highest BCUT2D eigenvalue weighted by Crippen LogP contribution is 2.35. The van der Waals surface area contributed by atoms with E-state index in [1.54, 1.807) is 18.0 Å². The van der Waals surface area contributed by atoms with E-state index >= 15 is 0 Å². The topological polar surface area (TPSA) is 96.0 Å². The van der Waals surface area contributed by atoms with Gasteiger partial charge in [0, 0.05) is 19.0 Å². The average molecular weight is 422 g/mol. The predicted octanol–water partition coefficient (Wildman–Crippen LogP) is 0.426. The molecule has 0 unspecified atom stereocenters. The van der Waals surface area contributed by atoms with Gasteiger partial charge in [-0.2, -0.15) is 0 Å². The molecule has 2 amide bonds. The number of anilines is 1. The van der Waals surface area contributed by atoms with E-state index in [4.69, 9.17) is 4.74 Å². The van der Waals surface area contributed by atoms with E-state index in [-0.39, 0.29) is 41.8 Å². The molecular formula is C20H27N3O5S. The molecule has 4 rings (SSSR count). The van der Waals surface area contributed by atoms with E-state index in [0.717, 1.165) is 13.1 Å². The highest BCUT2D eigenvalue weighted by molar-refractivity contribution is 7.91. The summed E-state index contributed by atoms with van der Waals surface area (Å²) in [7, 11) is -1.36. The summed E-state index contributed by atoms with van der Waals surface area (Å²) in [6, 6.07) is 7.37. The molecule has 2 fully saturated rings. The highest BCUT2D eigenvalue weighted by atomic mass is 32.2. The number of piperidine rings is 1. The van der Waals surface area contributed by atoms with Crippen LogP contribution >= 0.6 is 0 Å². The Morgan fingerprint density at radius 1 is 1.14 bits per heavy atom.